The number of aryl methyl sites for hydroxylation is 1. The molecule has 98 valence electrons. The summed E-state index contributed by atoms with van der Waals surface area (Å²) in [6, 6.07) is 9.63. The van der Waals surface area contributed by atoms with E-state index in [0.29, 0.717) is 21.3 Å². The second kappa shape index (κ2) is 5.51. The normalized spacial score (nSPS) is 10.3. The summed E-state index contributed by atoms with van der Waals surface area (Å²) < 4.78 is 5.20. The fourth-order valence-corrected chi connectivity index (χ4v) is 1.80. The van der Waals surface area contributed by atoms with Crippen molar-refractivity contribution < 1.29 is 9.53 Å². The number of benzene rings is 2. The topological polar surface area (TPSA) is 52.3 Å². The fourth-order valence-electron chi connectivity index (χ4n) is 1.48. The molecule has 2 rings (SSSR count). The third-order valence-corrected chi connectivity index (χ3v) is 3.16. The summed E-state index contributed by atoms with van der Waals surface area (Å²) in [6.07, 6.45) is 0. The minimum atomic E-state index is -0.532. The lowest BCUT2D eigenvalue weighted by atomic mass is 10.1. The Balaban J connectivity index is 2.25. The Labute approximate surface area is 120 Å². The van der Waals surface area contributed by atoms with Crippen LogP contribution >= 0.6 is 23.2 Å². The molecule has 0 fully saturated rings. The van der Waals surface area contributed by atoms with Crippen LogP contribution in [0, 0.1) is 6.92 Å². The Hall–Kier alpha value is -1.71. The standard InChI is InChI=1S/C14H11Cl2NO2/c1-8-2-3-9(6-12(8)17)14(18)19-13-7-10(15)4-5-11(13)16/h2-7H,17H2,1H3. The highest BCUT2D eigenvalue weighted by atomic mass is 35.5. The van der Waals surface area contributed by atoms with Crippen LogP contribution in [0.4, 0.5) is 5.69 Å². The van der Waals surface area contributed by atoms with Crippen LogP contribution < -0.4 is 10.5 Å². The van der Waals surface area contributed by atoms with Crippen molar-refractivity contribution in [3.63, 3.8) is 0 Å². The van der Waals surface area contributed by atoms with E-state index in [1.807, 2.05) is 6.92 Å². The number of halogens is 2. The molecule has 0 spiro atoms. The van der Waals surface area contributed by atoms with E-state index in [-0.39, 0.29) is 5.75 Å². The average molecular weight is 296 g/mol. The Morgan fingerprint density at radius 3 is 2.58 bits per heavy atom. The second-order valence-corrected chi connectivity index (χ2v) is 4.88. The molecule has 0 aliphatic rings. The lowest BCUT2D eigenvalue weighted by Gasteiger charge is -2.08. The van der Waals surface area contributed by atoms with E-state index in [2.05, 4.69) is 0 Å². The summed E-state index contributed by atoms with van der Waals surface area (Å²) in [5, 5.41) is 0.758. The summed E-state index contributed by atoms with van der Waals surface area (Å²) in [7, 11) is 0. The number of rotatable bonds is 2. The number of nitrogens with two attached hydrogens (primary N) is 1. The van der Waals surface area contributed by atoms with Crippen LogP contribution in [0.3, 0.4) is 0 Å². The van der Waals surface area contributed by atoms with Gasteiger partial charge in [-0.1, -0.05) is 29.3 Å². The maximum absolute atomic E-state index is 12.0. The van der Waals surface area contributed by atoms with E-state index in [0.717, 1.165) is 5.56 Å². The lowest BCUT2D eigenvalue weighted by Crippen LogP contribution is -2.09. The molecule has 2 aromatic rings. The lowest BCUT2D eigenvalue weighted by molar-refractivity contribution is 0.0735. The first-order valence-electron chi connectivity index (χ1n) is 5.51. The predicted molar refractivity (Wildman–Crippen MR) is 77.0 cm³/mol. The van der Waals surface area contributed by atoms with Crippen molar-refractivity contribution in [2.24, 2.45) is 0 Å². The number of carbonyl (C=O) groups is 1. The molecule has 0 amide bonds. The maximum atomic E-state index is 12.0. The summed E-state index contributed by atoms with van der Waals surface area (Å²) in [5.74, 6) is -0.311. The van der Waals surface area contributed by atoms with Crippen molar-refractivity contribution in [1.29, 1.82) is 0 Å². The number of hydrogen-bond donors (Lipinski definition) is 1. The second-order valence-electron chi connectivity index (χ2n) is 4.04. The maximum Gasteiger partial charge on any atom is 0.343 e. The molecule has 0 bridgehead atoms. The molecule has 0 saturated carbocycles. The van der Waals surface area contributed by atoms with E-state index in [1.165, 1.54) is 6.07 Å². The molecule has 0 heterocycles. The first kappa shape index (κ1) is 13.7. The van der Waals surface area contributed by atoms with Gasteiger partial charge < -0.3 is 10.5 Å². The zero-order valence-electron chi connectivity index (χ0n) is 10.1. The van der Waals surface area contributed by atoms with Crippen LogP contribution in [-0.4, -0.2) is 5.97 Å². The molecule has 2 aromatic carbocycles. The highest BCUT2D eigenvalue weighted by Gasteiger charge is 2.12. The first-order chi connectivity index (χ1) is 8.97. The first-order valence-corrected chi connectivity index (χ1v) is 6.26. The van der Waals surface area contributed by atoms with E-state index < -0.39 is 5.97 Å². The fraction of sp³-hybridized carbons (Fsp3) is 0.0714. The van der Waals surface area contributed by atoms with E-state index in [1.54, 1.807) is 30.3 Å². The average Bonchev–Trinajstić information content (AvgIpc) is 2.37. The van der Waals surface area contributed by atoms with Crippen LogP contribution in [0.5, 0.6) is 5.75 Å². The van der Waals surface area contributed by atoms with Crippen molar-refractivity contribution >= 4 is 34.9 Å². The molecule has 5 heteroatoms. The van der Waals surface area contributed by atoms with E-state index in [4.69, 9.17) is 33.7 Å². The number of carbonyl (C=O) groups excluding carboxylic acids is 1. The van der Waals surface area contributed by atoms with Crippen molar-refractivity contribution in [2.75, 3.05) is 5.73 Å². The van der Waals surface area contributed by atoms with Gasteiger partial charge in [-0.05, 0) is 36.8 Å². The van der Waals surface area contributed by atoms with Crippen molar-refractivity contribution in [1.82, 2.24) is 0 Å². The van der Waals surface area contributed by atoms with Gasteiger partial charge >= 0.3 is 5.97 Å². The van der Waals surface area contributed by atoms with Crippen LogP contribution in [0.25, 0.3) is 0 Å². The molecule has 0 unspecified atom stereocenters. The number of nitrogen functional groups attached to an aromatic ring is 1. The summed E-state index contributed by atoms with van der Waals surface area (Å²) >= 11 is 11.7. The third kappa shape index (κ3) is 3.19. The zero-order valence-corrected chi connectivity index (χ0v) is 11.6. The van der Waals surface area contributed by atoms with E-state index >= 15 is 0 Å². The smallest absolute Gasteiger partial charge is 0.343 e. The van der Waals surface area contributed by atoms with Crippen LogP contribution in [-0.2, 0) is 0 Å². The minimum Gasteiger partial charge on any atom is -0.421 e. The van der Waals surface area contributed by atoms with Crippen LogP contribution in [0.2, 0.25) is 10.0 Å². The molecule has 19 heavy (non-hydrogen) atoms. The Morgan fingerprint density at radius 1 is 1.16 bits per heavy atom. The quantitative estimate of drug-likeness (QED) is 0.515. The van der Waals surface area contributed by atoms with Crippen molar-refractivity contribution in [2.45, 2.75) is 6.92 Å². The molecule has 0 saturated heterocycles. The largest absolute Gasteiger partial charge is 0.421 e. The molecule has 0 aromatic heterocycles. The summed E-state index contributed by atoms with van der Waals surface area (Å²) in [6.45, 7) is 1.86. The highest BCUT2D eigenvalue weighted by molar-refractivity contribution is 6.34. The third-order valence-electron chi connectivity index (χ3n) is 2.61. The number of anilines is 1. The molecular formula is C14H11Cl2NO2. The number of ether oxygens (including phenoxy) is 1. The Kier molecular flexibility index (Phi) is 3.98. The van der Waals surface area contributed by atoms with Crippen LogP contribution in [0.15, 0.2) is 36.4 Å². The van der Waals surface area contributed by atoms with Gasteiger partial charge in [-0.2, -0.15) is 0 Å². The Bertz CT molecular complexity index is 641. The highest BCUT2D eigenvalue weighted by Crippen LogP contribution is 2.28. The van der Waals surface area contributed by atoms with Gasteiger partial charge in [0.05, 0.1) is 10.6 Å². The van der Waals surface area contributed by atoms with Crippen molar-refractivity contribution in [3.8, 4) is 5.75 Å². The molecule has 3 nitrogen and oxygen atoms in total. The molecule has 0 aliphatic heterocycles. The van der Waals surface area contributed by atoms with Gasteiger partial charge in [0.25, 0.3) is 0 Å². The summed E-state index contributed by atoms with van der Waals surface area (Å²) in [4.78, 5) is 12.0. The van der Waals surface area contributed by atoms with Gasteiger partial charge in [0.1, 0.15) is 0 Å². The molecule has 2 N–H and O–H groups in total. The van der Waals surface area contributed by atoms with Gasteiger partial charge in [-0.15, -0.1) is 0 Å². The molecule has 0 aliphatic carbocycles. The van der Waals surface area contributed by atoms with Gasteiger partial charge in [0.15, 0.2) is 5.75 Å². The summed E-state index contributed by atoms with van der Waals surface area (Å²) in [5.41, 5.74) is 7.55. The number of esters is 1. The van der Waals surface area contributed by atoms with E-state index in [9.17, 15) is 4.79 Å². The van der Waals surface area contributed by atoms with Gasteiger partial charge in [0, 0.05) is 16.8 Å². The van der Waals surface area contributed by atoms with Gasteiger partial charge in [-0.25, -0.2) is 4.79 Å². The van der Waals surface area contributed by atoms with Gasteiger partial charge in [-0.3, -0.25) is 0 Å². The SMILES string of the molecule is Cc1ccc(C(=O)Oc2cc(Cl)ccc2Cl)cc1N. The zero-order chi connectivity index (χ0) is 14.0. The number of hydrogen-bond acceptors (Lipinski definition) is 3. The molecule has 0 atom stereocenters. The molecule has 0 radical (unpaired) electrons. The van der Waals surface area contributed by atoms with Crippen molar-refractivity contribution in [3.05, 3.63) is 57.6 Å². The predicted octanol–water partition coefficient (Wildman–Crippen LogP) is 4.10. The molecular weight excluding hydrogens is 285 g/mol. The Morgan fingerprint density at radius 2 is 1.89 bits per heavy atom. The van der Waals surface area contributed by atoms with Crippen LogP contribution in [0.1, 0.15) is 15.9 Å². The monoisotopic (exact) mass is 295 g/mol. The van der Waals surface area contributed by atoms with Gasteiger partial charge in [0.2, 0.25) is 0 Å². The minimum absolute atomic E-state index is 0.221.